The van der Waals surface area contributed by atoms with Gasteiger partial charge in [-0.3, -0.25) is 0 Å². The fourth-order valence-electron chi connectivity index (χ4n) is 2.59. The van der Waals surface area contributed by atoms with E-state index >= 15 is 0 Å². The van der Waals surface area contributed by atoms with E-state index in [1.807, 2.05) is 0 Å². The van der Waals surface area contributed by atoms with E-state index in [9.17, 15) is 0 Å². The van der Waals surface area contributed by atoms with Gasteiger partial charge in [0.15, 0.2) is 0 Å². The Labute approximate surface area is 106 Å². The molecule has 1 aromatic rings. The first-order chi connectivity index (χ1) is 8.17. The van der Waals surface area contributed by atoms with Crippen molar-refractivity contribution < 1.29 is 0 Å². The monoisotopic (exact) mass is 233 g/mol. The van der Waals surface area contributed by atoms with E-state index in [2.05, 4.69) is 45.0 Å². The smallest absolute Gasteiger partial charge is 0.0108 e. The van der Waals surface area contributed by atoms with Gasteiger partial charge in [-0.1, -0.05) is 56.5 Å². The fraction of sp³-hybridized carbons (Fsp3) is 0.625. The van der Waals surface area contributed by atoms with Crippen LogP contribution in [0.3, 0.4) is 0 Å². The van der Waals surface area contributed by atoms with Gasteiger partial charge in [-0.15, -0.1) is 0 Å². The summed E-state index contributed by atoms with van der Waals surface area (Å²) in [7, 11) is 0. The van der Waals surface area contributed by atoms with Crippen molar-refractivity contribution in [1.82, 2.24) is 0 Å². The lowest BCUT2D eigenvalue weighted by Gasteiger charge is -2.23. The highest BCUT2D eigenvalue weighted by atomic mass is 14.6. The lowest BCUT2D eigenvalue weighted by Crippen LogP contribution is -2.32. The van der Waals surface area contributed by atoms with Crippen LogP contribution in [0.2, 0.25) is 0 Å². The second-order valence-electron chi connectivity index (χ2n) is 5.19. The summed E-state index contributed by atoms with van der Waals surface area (Å²) >= 11 is 0. The average Bonchev–Trinajstić information content (AvgIpc) is 2.28. The Morgan fingerprint density at radius 3 is 2.29 bits per heavy atom. The molecule has 0 radical (unpaired) electrons. The molecule has 2 N–H and O–H groups in total. The normalized spacial score (nSPS) is 13.0. The van der Waals surface area contributed by atoms with Crippen LogP contribution in [0.15, 0.2) is 24.3 Å². The minimum Gasteiger partial charge on any atom is -0.327 e. The van der Waals surface area contributed by atoms with Gasteiger partial charge in [0.25, 0.3) is 0 Å². The Morgan fingerprint density at radius 1 is 1.12 bits per heavy atom. The van der Waals surface area contributed by atoms with E-state index in [1.54, 1.807) is 0 Å². The third-order valence-electron chi connectivity index (χ3n) is 3.48. The lowest BCUT2D eigenvalue weighted by molar-refractivity contribution is 0.360. The topological polar surface area (TPSA) is 26.0 Å². The first kappa shape index (κ1) is 14.2. The lowest BCUT2D eigenvalue weighted by atomic mass is 9.87. The highest BCUT2D eigenvalue weighted by molar-refractivity contribution is 5.23. The number of aryl methyl sites for hydroxylation is 1. The van der Waals surface area contributed by atoms with Crippen molar-refractivity contribution in [2.75, 3.05) is 0 Å². The van der Waals surface area contributed by atoms with Crippen molar-refractivity contribution in [3.05, 3.63) is 35.4 Å². The molecule has 1 aromatic carbocycles. The zero-order valence-electron chi connectivity index (χ0n) is 11.6. The first-order valence-corrected chi connectivity index (χ1v) is 6.98. The molecule has 1 rings (SSSR count). The number of hydrogen-bond donors (Lipinski definition) is 1. The Bertz CT molecular complexity index is 313. The molecular weight excluding hydrogens is 206 g/mol. The zero-order chi connectivity index (χ0) is 12.7. The maximum atomic E-state index is 6.37. The molecule has 1 unspecified atom stereocenters. The van der Waals surface area contributed by atoms with E-state index < -0.39 is 0 Å². The zero-order valence-corrected chi connectivity index (χ0v) is 11.6. The van der Waals surface area contributed by atoms with Crippen LogP contribution in [0.4, 0.5) is 0 Å². The molecule has 0 aromatic heterocycles. The van der Waals surface area contributed by atoms with Gasteiger partial charge in [-0.25, -0.2) is 0 Å². The van der Waals surface area contributed by atoms with Gasteiger partial charge in [0.1, 0.15) is 0 Å². The molecule has 0 bridgehead atoms. The highest BCUT2D eigenvalue weighted by Crippen LogP contribution is 2.19. The van der Waals surface area contributed by atoms with Crippen LogP contribution in [0.5, 0.6) is 0 Å². The summed E-state index contributed by atoms with van der Waals surface area (Å²) in [5, 5.41) is 0. The van der Waals surface area contributed by atoms with Gasteiger partial charge < -0.3 is 5.73 Å². The highest BCUT2D eigenvalue weighted by Gasteiger charge is 2.16. The average molecular weight is 233 g/mol. The number of nitrogens with two attached hydrogens (primary N) is 1. The van der Waals surface area contributed by atoms with Gasteiger partial charge in [0.05, 0.1) is 0 Å². The molecule has 96 valence electrons. The maximum absolute atomic E-state index is 6.37. The van der Waals surface area contributed by atoms with Crippen LogP contribution in [-0.2, 0) is 6.42 Å². The number of rotatable bonds is 7. The predicted molar refractivity (Wildman–Crippen MR) is 76.2 cm³/mol. The molecule has 1 heteroatoms. The minimum atomic E-state index is 0.316. The molecule has 0 spiro atoms. The Balaban J connectivity index is 2.59. The molecule has 0 aliphatic heterocycles. The number of hydrogen-bond acceptors (Lipinski definition) is 1. The quantitative estimate of drug-likeness (QED) is 0.754. The van der Waals surface area contributed by atoms with Gasteiger partial charge in [0, 0.05) is 6.04 Å². The largest absolute Gasteiger partial charge is 0.327 e. The summed E-state index contributed by atoms with van der Waals surface area (Å²) in [6.45, 7) is 6.65. The van der Waals surface area contributed by atoms with Gasteiger partial charge >= 0.3 is 0 Å². The van der Waals surface area contributed by atoms with Gasteiger partial charge in [-0.2, -0.15) is 0 Å². The third-order valence-corrected chi connectivity index (χ3v) is 3.48. The van der Waals surface area contributed by atoms with Crippen molar-refractivity contribution in [3.8, 4) is 0 Å². The van der Waals surface area contributed by atoms with Crippen molar-refractivity contribution in [2.24, 2.45) is 11.7 Å². The first-order valence-electron chi connectivity index (χ1n) is 6.98. The molecule has 0 fully saturated rings. The standard InChI is InChI=1S/C16H27N/c1-4-7-15(8-5-2)16(17)12-14-10-6-9-13(3)11-14/h6,9-11,15-16H,4-5,7-8,12,17H2,1-3H3. The molecule has 0 heterocycles. The Morgan fingerprint density at radius 2 is 1.76 bits per heavy atom. The predicted octanol–water partition coefficient (Wildman–Crippen LogP) is 4.08. The van der Waals surface area contributed by atoms with Crippen molar-refractivity contribution in [1.29, 1.82) is 0 Å². The molecule has 0 aliphatic rings. The molecule has 1 nitrogen and oxygen atoms in total. The van der Waals surface area contributed by atoms with Gasteiger partial charge in [-0.05, 0) is 37.7 Å². The minimum absolute atomic E-state index is 0.316. The maximum Gasteiger partial charge on any atom is 0.0108 e. The van der Waals surface area contributed by atoms with Crippen LogP contribution >= 0.6 is 0 Å². The second-order valence-corrected chi connectivity index (χ2v) is 5.19. The third kappa shape index (κ3) is 4.91. The van der Waals surface area contributed by atoms with E-state index in [0.717, 1.165) is 6.42 Å². The van der Waals surface area contributed by atoms with Crippen molar-refractivity contribution in [3.63, 3.8) is 0 Å². The van der Waals surface area contributed by atoms with Crippen LogP contribution in [0.1, 0.15) is 50.7 Å². The number of benzene rings is 1. The Hall–Kier alpha value is -0.820. The van der Waals surface area contributed by atoms with E-state index in [-0.39, 0.29) is 0 Å². The summed E-state index contributed by atoms with van der Waals surface area (Å²) in [4.78, 5) is 0. The molecule has 0 amide bonds. The fourth-order valence-corrected chi connectivity index (χ4v) is 2.59. The van der Waals surface area contributed by atoms with E-state index in [1.165, 1.54) is 36.8 Å². The second kappa shape index (κ2) is 7.50. The SMILES string of the molecule is CCCC(CCC)C(N)Cc1cccc(C)c1. The van der Waals surface area contributed by atoms with Gasteiger partial charge in [0.2, 0.25) is 0 Å². The summed E-state index contributed by atoms with van der Waals surface area (Å²) < 4.78 is 0. The summed E-state index contributed by atoms with van der Waals surface area (Å²) in [6, 6.07) is 9.05. The van der Waals surface area contributed by atoms with Crippen molar-refractivity contribution in [2.45, 2.75) is 58.9 Å². The molecule has 0 aliphatic carbocycles. The van der Waals surface area contributed by atoms with Crippen LogP contribution < -0.4 is 5.73 Å². The molecular formula is C16H27N. The summed E-state index contributed by atoms with van der Waals surface area (Å²) in [5.74, 6) is 0.686. The van der Waals surface area contributed by atoms with Crippen LogP contribution in [-0.4, -0.2) is 6.04 Å². The van der Waals surface area contributed by atoms with Crippen LogP contribution in [0.25, 0.3) is 0 Å². The van der Waals surface area contributed by atoms with Crippen molar-refractivity contribution >= 4 is 0 Å². The summed E-state index contributed by atoms with van der Waals surface area (Å²) in [5.41, 5.74) is 9.09. The van der Waals surface area contributed by atoms with E-state index in [4.69, 9.17) is 5.73 Å². The molecule has 17 heavy (non-hydrogen) atoms. The van der Waals surface area contributed by atoms with E-state index in [0.29, 0.717) is 12.0 Å². The summed E-state index contributed by atoms with van der Waals surface area (Å²) in [6.07, 6.45) is 6.03. The molecule has 1 atom stereocenters. The molecule has 0 saturated heterocycles. The molecule has 0 saturated carbocycles. The van der Waals surface area contributed by atoms with Crippen LogP contribution in [0, 0.1) is 12.8 Å². The Kier molecular flexibility index (Phi) is 6.28.